The predicted molar refractivity (Wildman–Crippen MR) is 71.8 cm³/mol. The minimum Gasteiger partial charge on any atom is -0.492 e. The zero-order valence-electron chi connectivity index (χ0n) is 9.70. The molecule has 16 heavy (non-hydrogen) atoms. The van der Waals surface area contributed by atoms with E-state index in [1.54, 1.807) is 0 Å². The Balaban J connectivity index is 0.00000225. The lowest BCUT2D eigenvalue weighted by molar-refractivity contribution is 0.340. The molecule has 0 amide bonds. The van der Waals surface area contributed by atoms with Crippen molar-refractivity contribution >= 4 is 24.0 Å². The van der Waals surface area contributed by atoms with Gasteiger partial charge in [-0.1, -0.05) is 24.6 Å². The Morgan fingerprint density at radius 2 is 2.06 bits per heavy atom. The summed E-state index contributed by atoms with van der Waals surface area (Å²) in [7, 11) is 0. The average Bonchev–Trinajstić information content (AvgIpc) is 2.22. The summed E-state index contributed by atoms with van der Waals surface area (Å²) in [6, 6.07) is 6.07. The summed E-state index contributed by atoms with van der Waals surface area (Å²) in [6.07, 6.45) is 1.84. The number of nitrogens with two attached hydrogens (primary N) is 1. The third-order valence-electron chi connectivity index (χ3n) is 2.32. The number of ether oxygens (including phenoxy) is 1. The molecule has 0 radical (unpaired) electrons. The fourth-order valence-electron chi connectivity index (χ4n) is 1.39. The van der Waals surface area contributed by atoms with Crippen LogP contribution in [0.2, 0.25) is 5.02 Å². The van der Waals surface area contributed by atoms with Gasteiger partial charge in [-0.2, -0.15) is 0 Å². The molecular weight excluding hydrogens is 245 g/mol. The lowest BCUT2D eigenvalue weighted by atomic mass is 10.0. The summed E-state index contributed by atoms with van der Waals surface area (Å²) < 4.78 is 5.36. The van der Waals surface area contributed by atoms with Crippen molar-refractivity contribution in [3.8, 4) is 5.75 Å². The van der Waals surface area contributed by atoms with Crippen LogP contribution in [0.25, 0.3) is 0 Å². The first-order chi connectivity index (χ1) is 7.17. The maximum absolute atomic E-state index is 6.07. The summed E-state index contributed by atoms with van der Waals surface area (Å²) >= 11 is 6.07. The second kappa shape index (κ2) is 7.77. The van der Waals surface area contributed by atoms with Crippen LogP contribution in [0.1, 0.15) is 25.8 Å². The SMILES string of the molecule is CCOc1ccc(CC(N)CC)cc1Cl.Cl. The Hall–Kier alpha value is -0.440. The van der Waals surface area contributed by atoms with E-state index in [-0.39, 0.29) is 18.4 Å². The molecule has 0 fully saturated rings. The summed E-state index contributed by atoms with van der Waals surface area (Å²) in [5.74, 6) is 0.744. The van der Waals surface area contributed by atoms with E-state index in [0.29, 0.717) is 11.6 Å². The Labute approximate surface area is 109 Å². The summed E-state index contributed by atoms with van der Waals surface area (Å²) in [6.45, 7) is 4.66. The molecule has 0 bridgehead atoms. The molecule has 1 rings (SSSR count). The van der Waals surface area contributed by atoms with E-state index in [0.717, 1.165) is 24.2 Å². The minimum absolute atomic E-state index is 0. The lowest BCUT2D eigenvalue weighted by Gasteiger charge is -2.11. The van der Waals surface area contributed by atoms with Crippen LogP contribution in [-0.4, -0.2) is 12.6 Å². The molecule has 2 N–H and O–H groups in total. The highest BCUT2D eigenvalue weighted by Gasteiger charge is 2.05. The Morgan fingerprint density at radius 3 is 2.56 bits per heavy atom. The molecule has 4 heteroatoms. The number of benzene rings is 1. The van der Waals surface area contributed by atoms with Gasteiger partial charge in [0.25, 0.3) is 0 Å². The molecule has 0 aliphatic heterocycles. The number of hydrogen-bond acceptors (Lipinski definition) is 2. The smallest absolute Gasteiger partial charge is 0.137 e. The fourth-order valence-corrected chi connectivity index (χ4v) is 1.65. The van der Waals surface area contributed by atoms with Gasteiger partial charge in [-0.15, -0.1) is 12.4 Å². The molecule has 0 aliphatic rings. The highest BCUT2D eigenvalue weighted by atomic mass is 35.5. The first-order valence-electron chi connectivity index (χ1n) is 5.34. The van der Waals surface area contributed by atoms with E-state index in [1.165, 1.54) is 0 Å². The van der Waals surface area contributed by atoms with Gasteiger partial charge in [0.15, 0.2) is 0 Å². The van der Waals surface area contributed by atoms with Gasteiger partial charge in [-0.05, 0) is 37.5 Å². The number of hydrogen-bond donors (Lipinski definition) is 1. The molecule has 0 saturated carbocycles. The maximum Gasteiger partial charge on any atom is 0.137 e. The van der Waals surface area contributed by atoms with Crippen LogP contribution in [0.4, 0.5) is 0 Å². The van der Waals surface area contributed by atoms with Crippen LogP contribution in [0.3, 0.4) is 0 Å². The van der Waals surface area contributed by atoms with Gasteiger partial charge in [0.2, 0.25) is 0 Å². The van der Waals surface area contributed by atoms with Gasteiger partial charge >= 0.3 is 0 Å². The zero-order chi connectivity index (χ0) is 11.3. The molecule has 92 valence electrons. The molecular formula is C12H19Cl2NO. The molecule has 1 atom stereocenters. The maximum atomic E-state index is 6.07. The van der Waals surface area contributed by atoms with Crippen molar-refractivity contribution in [2.24, 2.45) is 5.73 Å². The molecule has 0 heterocycles. The first kappa shape index (κ1) is 15.6. The normalized spacial score (nSPS) is 11.8. The molecule has 0 spiro atoms. The predicted octanol–water partition coefficient (Wildman–Crippen LogP) is 3.44. The van der Waals surface area contributed by atoms with E-state index in [2.05, 4.69) is 6.92 Å². The number of halogens is 2. The largest absolute Gasteiger partial charge is 0.492 e. The van der Waals surface area contributed by atoms with Gasteiger partial charge in [0, 0.05) is 6.04 Å². The van der Waals surface area contributed by atoms with Gasteiger partial charge in [-0.25, -0.2) is 0 Å². The molecule has 1 aromatic carbocycles. The van der Waals surface area contributed by atoms with E-state index < -0.39 is 0 Å². The van der Waals surface area contributed by atoms with E-state index in [9.17, 15) is 0 Å². The lowest BCUT2D eigenvalue weighted by Crippen LogP contribution is -2.21. The summed E-state index contributed by atoms with van der Waals surface area (Å²) in [5.41, 5.74) is 7.04. The fraction of sp³-hybridized carbons (Fsp3) is 0.500. The van der Waals surface area contributed by atoms with Crippen molar-refractivity contribution in [1.29, 1.82) is 0 Å². The Kier molecular flexibility index (Phi) is 7.56. The number of rotatable bonds is 5. The van der Waals surface area contributed by atoms with Crippen LogP contribution in [0.15, 0.2) is 18.2 Å². The van der Waals surface area contributed by atoms with Crippen LogP contribution in [0.5, 0.6) is 5.75 Å². The Morgan fingerprint density at radius 1 is 1.38 bits per heavy atom. The van der Waals surface area contributed by atoms with E-state index in [4.69, 9.17) is 22.1 Å². The summed E-state index contributed by atoms with van der Waals surface area (Å²) in [4.78, 5) is 0. The molecule has 0 aliphatic carbocycles. The monoisotopic (exact) mass is 263 g/mol. The molecule has 2 nitrogen and oxygen atoms in total. The average molecular weight is 264 g/mol. The van der Waals surface area contributed by atoms with Gasteiger partial charge in [0.1, 0.15) is 5.75 Å². The molecule has 1 aromatic rings. The van der Waals surface area contributed by atoms with Crippen LogP contribution >= 0.6 is 24.0 Å². The Bertz CT molecular complexity index is 318. The van der Waals surface area contributed by atoms with E-state index >= 15 is 0 Å². The third-order valence-corrected chi connectivity index (χ3v) is 2.61. The highest BCUT2D eigenvalue weighted by Crippen LogP contribution is 2.25. The topological polar surface area (TPSA) is 35.2 Å². The van der Waals surface area contributed by atoms with Crippen molar-refractivity contribution < 1.29 is 4.74 Å². The van der Waals surface area contributed by atoms with Crippen molar-refractivity contribution in [3.05, 3.63) is 28.8 Å². The van der Waals surface area contributed by atoms with Gasteiger partial charge in [-0.3, -0.25) is 0 Å². The van der Waals surface area contributed by atoms with Gasteiger partial charge < -0.3 is 10.5 Å². The zero-order valence-corrected chi connectivity index (χ0v) is 11.3. The second-order valence-corrected chi connectivity index (χ2v) is 3.98. The van der Waals surface area contributed by atoms with Crippen molar-refractivity contribution in [3.63, 3.8) is 0 Å². The first-order valence-corrected chi connectivity index (χ1v) is 5.72. The molecule has 1 unspecified atom stereocenters. The van der Waals surface area contributed by atoms with Crippen LogP contribution < -0.4 is 10.5 Å². The van der Waals surface area contributed by atoms with Crippen LogP contribution in [0, 0.1) is 0 Å². The third kappa shape index (κ3) is 4.60. The highest BCUT2D eigenvalue weighted by molar-refractivity contribution is 6.32. The van der Waals surface area contributed by atoms with Crippen molar-refractivity contribution in [1.82, 2.24) is 0 Å². The molecule has 0 aromatic heterocycles. The van der Waals surface area contributed by atoms with Crippen molar-refractivity contribution in [2.45, 2.75) is 32.7 Å². The van der Waals surface area contributed by atoms with Gasteiger partial charge in [0.05, 0.1) is 11.6 Å². The van der Waals surface area contributed by atoms with Crippen molar-refractivity contribution in [2.75, 3.05) is 6.61 Å². The second-order valence-electron chi connectivity index (χ2n) is 3.57. The van der Waals surface area contributed by atoms with Crippen LogP contribution in [-0.2, 0) is 6.42 Å². The standard InChI is InChI=1S/C12H18ClNO.ClH/c1-3-10(14)7-9-5-6-12(15-4-2)11(13)8-9;/h5-6,8,10H,3-4,7,14H2,1-2H3;1H. The quantitative estimate of drug-likeness (QED) is 0.884. The van der Waals surface area contributed by atoms with E-state index in [1.807, 2.05) is 25.1 Å². The minimum atomic E-state index is 0. The summed E-state index contributed by atoms with van der Waals surface area (Å²) in [5, 5.41) is 0.664. The molecule has 0 saturated heterocycles.